The minimum atomic E-state index is -0.593. The Balaban J connectivity index is 2.28. The summed E-state index contributed by atoms with van der Waals surface area (Å²) in [5, 5.41) is 5.59. The van der Waals surface area contributed by atoms with Crippen molar-refractivity contribution in [2.24, 2.45) is 0 Å². The standard InChI is InChI=1S/C10H15FN4O/c1-7(2)15-10(16)3-4-12-9-5-8(11)13-6-14-9/h5-7H,3-4H2,1-2H3,(H,15,16)(H,12,13,14). The Morgan fingerprint density at radius 1 is 1.50 bits per heavy atom. The van der Waals surface area contributed by atoms with Crippen LogP contribution < -0.4 is 10.6 Å². The van der Waals surface area contributed by atoms with Gasteiger partial charge in [0.1, 0.15) is 12.1 Å². The molecule has 0 aliphatic carbocycles. The fourth-order valence-electron chi connectivity index (χ4n) is 1.13. The number of hydrogen-bond donors (Lipinski definition) is 2. The Kier molecular flexibility index (Phi) is 4.63. The fourth-order valence-corrected chi connectivity index (χ4v) is 1.13. The second-order valence-electron chi connectivity index (χ2n) is 3.62. The number of halogens is 1. The highest BCUT2D eigenvalue weighted by atomic mass is 19.1. The molecule has 0 saturated heterocycles. The van der Waals surface area contributed by atoms with Crippen LogP contribution in [0.3, 0.4) is 0 Å². The van der Waals surface area contributed by atoms with Gasteiger partial charge in [-0.05, 0) is 13.8 Å². The molecule has 1 heterocycles. The van der Waals surface area contributed by atoms with Crippen LogP contribution in [0.15, 0.2) is 12.4 Å². The zero-order valence-electron chi connectivity index (χ0n) is 9.33. The summed E-state index contributed by atoms with van der Waals surface area (Å²) in [6, 6.07) is 1.31. The third-order valence-corrected chi connectivity index (χ3v) is 1.74. The molecular weight excluding hydrogens is 211 g/mol. The van der Waals surface area contributed by atoms with Gasteiger partial charge >= 0.3 is 0 Å². The maximum atomic E-state index is 12.7. The molecule has 0 bridgehead atoms. The summed E-state index contributed by atoms with van der Waals surface area (Å²) in [6.07, 6.45) is 1.45. The van der Waals surface area contributed by atoms with Gasteiger partial charge < -0.3 is 10.6 Å². The van der Waals surface area contributed by atoms with Crippen LogP contribution in [0.1, 0.15) is 20.3 Å². The SMILES string of the molecule is CC(C)NC(=O)CCNc1cc(F)ncn1. The van der Waals surface area contributed by atoms with Crippen LogP contribution in [0.2, 0.25) is 0 Å². The molecular formula is C10H15FN4O. The minimum absolute atomic E-state index is 0.0444. The highest BCUT2D eigenvalue weighted by Crippen LogP contribution is 2.01. The zero-order valence-corrected chi connectivity index (χ0v) is 9.33. The molecule has 1 amide bonds. The molecule has 2 N–H and O–H groups in total. The van der Waals surface area contributed by atoms with E-state index in [1.165, 1.54) is 6.07 Å². The Morgan fingerprint density at radius 2 is 2.25 bits per heavy atom. The van der Waals surface area contributed by atoms with Gasteiger partial charge in [-0.15, -0.1) is 0 Å². The van der Waals surface area contributed by atoms with Crippen LogP contribution in [0.25, 0.3) is 0 Å². The number of carbonyl (C=O) groups excluding carboxylic acids is 1. The van der Waals surface area contributed by atoms with Gasteiger partial charge in [0.05, 0.1) is 0 Å². The predicted molar refractivity (Wildman–Crippen MR) is 58.4 cm³/mol. The first kappa shape index (κ1) is 12.4. The first-order chi connectivity index (χ1) is 7.58. The van der Waals surface area contributed by atoms with E-state index in [0.717, 1.165) is 6.33 Å². The van der Waals surface area contributed by atoms with Crippen molar-refractivity contribution < 1.29 is 9.18 Å². The van der Waals surface area contributed by atoms with Gasteiger partial charge in [-0.1, -0.05) is 0 Å². The maximum absolute atomic E-state index is 12.7. The van der Waals surface area contributed by atoms with Crippen molar-refractivity contribution in [1.29, 1.82) is 0 Å². The largest absolute Gasteiger partial charge is 0.369 e. The van der Waals surface area contributed by atoms with E-state index in [9.17, 15) is 9.18 Å². The summed E-state index contributed by atoms with van der Waals surface area (Å²) >= 11 is 0. The molecule has 1 aromatic rings. The molecule has 1 rings (SSSR count). The van der Waals surface area contributed by atoms with Crippen molar-refractivity contribution in [3.8, 4) is 0 Å². The molecule has 6 heteroatoms. The van der Waals surface area contributed by atoms with E-state index in [4.69, 9.17) is 0 Å². The van der Waals surface area contributed by atoms with E-state index in [-0.39, 0.29) is 11.9 Å². The average molecular weight is 226 g/mol. The Hall–Kier alpha value is -1.72. The summed E-state index contributed by atoms with van der Waals surface area (Å²) in [5.74, 6) is -0.258. The highest BCUT2D eigenvalue weighted by Gasteiger charge is 2.03. The summed E-state index contributed by atoms with van der Waals surface area (Å²) in [7, 11) is 0. The quantitative estimate of drug-likeness (QED) is 0.733. The summed E-state index contributed by atoms with van der Waals surface area (Å²) in [5.41, 5.74) is 0. The van der Waals surface area contributed by atoms with E-state index in [2.05, 4.69) is 20.6 Å². The number of carbonyl (C=O) groups is 1. The third-order valence-electron chi connectivity index (χ3n) is 1.74. The molecule has 0 unspecified atom stereocenters. The van der Waals surface area contributed by atoms with Crippen LogP contribution in [0.4, 0.5) is 10.2 Å². The number of nitrogens with zero attached hydrogens (tertiary/aromatic N) is 2. The molecule has 0 radical (unpaired) electrons. The van der Waals surface area contributed by atoms with Gasteiger partial charge in [-0.2, -0.15) is 4.39 Å². The predicted octanol–water partition coefficient (Wildman–Crippen LogP) is 0.942. The maximum Gasteiger partial charge on any atom is 0.221 e. The smallest absolute Gasteiger partial charge is 0.221 e. The van der Waals surface area contributed by atoms with Gasteiger partial charge in [0.2, 0.25) is 11.9 Å². The lowest BCUT2D eigenvalue weighted by atomic mass is 10.3. The third kappa shape index (κ3) is 4.68. The van der Waals surface area contributed by atoms with E-state index >= 15 is 0 Å². The van der Waals surface area contributed by atoms with Crippen molar-refractivity contribution in [3.05, 3.63) is 18.3 Å². The van der Waals surface area contributed by atoms with Crippen molar-refractivity contribution in [2.75, 3.05) is 11.9 Å². The monoisotopic (exact) mass is 226 g/mol. The minimum Gasteiger partial charge on any atom is -0.369 e. The molecule has 0 fully saturated rings. The van der Waals surface area contributed by atoms with E-state index < -0.39 is 5.95 Å². The summed E-state index contributed by atoms with van der Waals surface area (Å²) < 4.78 is 12.7. The van der Waals surface area contributed by atoms with Gasteiger partial charge in [-0.25, -0.2) is 9.97 Å². The lowest BCUT2D eigenvalue weighted by Gasteiger charge is -2.08. The topological polar surface area (TPSA) is 66.9 Å². The average Bonchev–Trinajstić information content (AvgIpc) is 2.16. The van der Waals surface area contributed by atoms with E-state index in [0.29, 0.717) is 18.8 Å². The fraction of sp³-hybridized carbons (Fsp3) is 0.500. The molecule has 1 aromatic heterocycles. The van der Waals surface area contributed by atoms with Gasteiger partial charge in [0, 0.05) is 25.1 Å². The molecule has 0 aliphatic heterocycles. The molecule has 0 aliphatic rings. The lowest BCUT2D eigenvalue weighted by molar-refractivity contribution is -0.121. The number of aromatic nitrogens is 2. The van der Waals surface area contributed by atoms with Crippen LogP contribution in [0.5, 0.6) is 0 Å². The molecule has 0 atom stereocenters. The van der Waals surface area contributed by atoms with E-state index in [1.54, 1.807) is 0 Å². The highest BCUT2D eigenvalue weighted by molar-refractivity contribution is 5.76. The van der Waals surface area contributed by atoms with Crippen LogP contribution in [-0.4, -0.2) is 28.5 Å². The molecule has 88 valence electrons. The molecule has 5 nitrogen and oxygen atoms in total. The first-order valence-electron chi connectivity index (χ1n) is 5.08. The van der Waals surface area contributed by atoms with Crippen LogP contribution >= 0.6 is 0 Å². The second kappa shape index (κ2) is 5.99. The molecule has 0 spiro atoms. The number of anilines is 1. The summed E-state index contributed by atoms with van der Waals surface area (Å²) in [4.78, 5) is 18.4. The van der Waals surface area contributed by atoms with Gasteiger partial charge in [0.15, 0.2) is 0 Å². The van der Waals surface area contributed by atoms with Crippen LogP contribution in [-0.2, 0) is 4.79 Å². The van der Waals surface area contributed by atoms with Crippen molar-refractivity contribution in [1.82, 2.24) is 15.3 Å². The van der Waals surface area contributed by atoms with Crippen molar-refractivity contribution in [2.45, 2.75) is 26.3 Å². The normalized spacial score (nSPS) is 10.2. The molecule has 16 heavy (non-hydrogen) atoms. The van der Waals surface area contributed by atoms with Crippen LogP contribution in [0, 0.1) is 5.95 Å². The lowest BCUT2D eigenvalue weighted by Crippen LogP contribution is -2.31. The number of amides is 1. The Labute approximate surface area is 93.5 Å². The van der Waals surface area contributed by atoms with Gasteiger partial charge in [0.25, 0.3) is 0 Å². The number of nitrogens with one attached hydrogen (secondary N) is 2. The summed E-state index contributed by atoms with van der Waals surface area (Å²) in [6.45, 7) is 4.20. The number of rotatable bonds is 5. The van der Waals surface area contributed by atoms with Gasteiger partial charge in [-0.3, -0.25) is 4.79 Å². The Morgan fingerprint density at radius 3 is 2.88 bits per heavy atom. The van der Waals surface area contributed by atoms with E-state index in [1.807, 2.05) is 13.8 Å². The van der Waals surface area contributed by atoms with Crippen molar-refractivity contribution >= 4 is 11.7 Å². The second-order valence-corrected chi connectivity index (χ2v) is 3.62. The Bertz CT molecular complexity index is 356. The first-order valence-corrected chi connectivity index (χ1v) is 5.08. The van der Waals surface area contributed by atoms with Crippen molar-refractivity contribution in [3.63, 3.8) is 0 Å². The molecule has 0 aromatic carbocycles. The molecule has 0 saturated carbocycles. The number of hydrogen-bond acceptors (Lipinski definition) is 4. The zero-order chi connectivity index (χ0) is 12.0.